The summed E-state index contributed by atoms with van der Waals surface area (Å²) in [6.45, 7) is 7.12. The number of aromatic nitrogens is 2. The molecule has 17 heavy (non-hydrogen) atoms. The number of nitrogens with zero attached hydrogens (tertiary/aromatic N) is 2. The van der Waals surface area contributed by atoms with Crippen molar-refractivity contribution in [3.05, 3.63) is 42.1 Å². The Morgan fingerprint density at radius 1 is 1.47 bits per heavy atom. The van der Waals surface area contributed by atoms with Crippen molar-refractivity contribution in [3.63, 3.8) is 0 Å². The molecule has 2 aromatic heterocycles. The van der Waals surface area contributed by atoms with E-state index in [1.54, 1.807) is 6.26 Å². The molecule has 0 saturated carbocycles. The van der Waals surface area contributed by atoms with Crippen LogP contribution in [0, 0.1) is 6.92 Å². The molecule has 2 rings (SSSR count). The van der Waals surface area contributed by atoms with E-state index in [1.165, 1.54) is 5.56 Å². The molecule has 92 valence electrons. The van der Waals surface area contributed by atoms with E-state index >= 15 is 0 Å². The quantitative estimate of drug-likeness (QED) is 0.863. The van der Waals surface area contributed by atoms with E-state index in [2.05, 4.69) is 37.4 Å². The third-order valence-electron chi connectivity index (χ3n) is 3.05. The van der Waals surface area contributed by atoms with Gasteiger partial charge in [-0.25, -0.2) is 0 Å². The van der Waals surface area contributed by atoms with E-state index in [0.29, 0.717) is 12.1 Å². The Balaban J connectivity index is 1.89. The summed E-state index contributed by atoms with van der Waals surface area (Å²) in [5.74, 6) is 0.959. The normalized spacial score (nSPS) is 14.8. The second kappa shape index (κ2) is 5.19. The van der Waals surface area contributed by atoms with E-state index in [1.807, 2.05) is 23.0 Å². The van der Waals surface area contributed by atoms with Crippen molar-refractivity contribution in [1.82, 2.24) is 15.1 Å². The monoisotopic (exact) mass is 233 g/mol. The number of furan rings is 1. The fourth-order valence-electron chi connectivity index (χ4n) is 1.73. The number of hydrogen-bond donors (Lipinski definition) is 1. The highest BCUT2D eigenvalue weighted by Crippen LogP contribution is 2.11. The standard InChI is InChI=1S/C13H19N3O/c1-10-7-15-16(9-10)12(3)11(2)14-8-13-5-4-6-17-13/h4-7,9,11-12,14H,8H2,1-3H3/t11-,12-/m0/s1. The molecule has 4 nitrogen and oxygen atoms in total. The van der Waals surface area contributed by atoms with Gasteiger partial charge in [0.1, 0.15) is 5.76 Å². The highest BCUT2D eigenvalue weighted by molar-refractivity contribution is 5.01. The Labute approximate surface area is 102 Å². The van der Waals surface area contributed by atoms with Gasteiger partial charge in [-0.2, -0.15) is 5.10 Å². The molecule has 4 heteroatoms. The Kier molecular flexibility index (Phi) is 3.64. The molecule has 0 aromatic carbocycles. The Morgan fingerprint density at radius 2 is 2.29 bits per heavy atom. The molecule has 1 N–H and O–H groups in total. The van der Waals surface area contributed by atoms with E-state index in [4.69, 9.17) is 4.42 Å². The van der Waals surface area contributed by atoms with Crippen LogP contribution in [-0.2, 0) is 6.54 Å². The van der Waals surface area contributed by atoms with E-state index in [9.17, 15) is 0 Å². The van der Waals surface area contributed by atoms with Crippen molar-refractivity contribution in [2.45, 2.75) is 39.4 Å². The molecule has 0 aliphatic heterocycles. The van der Waals surface area contributed by atoms with Gasteiger partial charge in [-0.3, -0.25) is 4.68 Å². The molecular weight excluding hydrogens is 214 g/mol. The Hall–Kier alpha value is -1.55. The van der Waals surface area contributed by atoms with Crippen molar-refractivity contribution >= 4 is 0 Å². The van der Waals surface area contributed by atoms with Crippen LogP contribution in [0.5, 0.6) is 0 Å². The summed E-state index contributed by atoms with van der Waals surface area (Å²) in [5.41, 5.74) is 1.19. The smallest absolute Gasteiger partial charge is 0.117 e. The number of hydrogen-bond acceptors (Lipinski definition) is 3. The molecule has 0 bridgehead atoms. The molecule has 0 saturated heterocycles. The zero-order valence-electron chi connectivity index (χ0n) is 10.6. The molecule has 2 aromatic rings. The number of aryl methyl sites for hydroxylation is 1. The first kappa shape index (κ1) is 11.9. The molecular formula is C13H19N3O. The van der Waals surface area contributed by atoms with Gasteiger partial charge >= 0.3 is 0 Å². The number of rotatable bonds is 5. The van der Waals surface area contributed by atoms with Crippen LogP contribution < -0.4 is 5.32 Å². The zero-order valence-corrected chi connectivity index (χ0v) is 10.6. The van der Waals surface area contributed by atoms with E-state index in [0.717, 1.165) is 12.3 Å². The lowest BCUT2D eigenvalue weighted by molar-refractivity contribution is 0.351. The molecule has 2 heterocycles. The van der Waals surface area contributed by atoms with Gasteiger partial charge in [0.15, 0.2) is 0 Å². The third-order valence-corrected chi connectivity index (χ3v) is 3.05. The summed E-state index contributed by atoms with van der Waals surface area (Å²) in [6.07, 6.45) is 5.65. The average molecular weight is 233 g/mol. The minimum atomic E-state index is 0.318. The highest BCUT2D eigenvalue weighted by Gasteiger charge is 2.14. The van der Waals surface area contributed by atoms with Crippen LogP contribution in [0.4, 0.5) is 0 Å². The first-order chi connectivity index (χ1) is 8.16. The Bertz CT molecular complexity index is 447. The van der Waals surface area contributed by atoms with Crippen molar-refractivity contribution in [1.29, 1.82) is 0 Å². The SMILES string of the molecule is Cc1cnn([C@@H](C)[C@H](C)NCc2ccco2)c1. The highest BCUT2D eigenvalue weighted by atomic mass is 16.3. The molecule has 0 unspecified atom stereocenters. The van der Waals surface area contributed by atoms with Crippen LogP contribution in [0.15, 0.2) is 35.2 Å². The summed E-state index contributed by atoms with van der Waals surface area (Å²) in [6, 6.07) is 4.53. The lowest BCUT2D eigenvalue weighted by Crippen LogP contribution is -2.33. The molecule has 0 radical (unpaired) electrons. The van der Waals surface area contributed by atoms with Gasteiger partial charge in [-0.05, 0) is 38.5 Å². The lowest BCUT2D eigenvalue weighted by atomic mass is 10.1. The van der Waals surface area contributed by atoms with Gasteiger partial charge in [0.2, 0.25) is 0 Å². The van der Waals surface area contributed by atoms with Crippen molar-refractivity contribution in [2.75, 3.05) is 0 Å². The first-order valence-electron chi connectivity index (χ1n) is 5.93. The molecule has 0 spiro atoms. The van der Waals surface area contributed by atoms with Gasteiger partial charge in [0, 0.05) is 12.2 Å². The molecule has 2 atom stereocenters. The summed E-state index contributed by atoms with van der Waals surface area (Å²) in [5, 5.41) is 7.77. The van der Waals surface area contributed by atoms with Crippen LogP contribution in [0.25, 0.3) is 0 Å². The molecule has 0 fully saturated rings. The predicted octanol–water partition coefficient (Wildman–Crippen LogP) is 2.52. The maximum Gasteiger partial charge on any atom is 0.117 e. The van der Waals surface area contributed by atoms with Gasteiger partial charge in [-0.15, -0.1) is 0 Å². The fraction of sp³-hybridized carbons (Fsp3) is 0.462. The second-order valence-corrected chi connectivity index (χ2v) is 4.49. The zero-order chi connectivity index (χ0) is 12.3. The van der Waals surface area contributed by atoms with Crippen LogP contribution in [-0.4, -0.2) is 15.8 Å². The maximum atomic E-state index is 5.29. The largest absolute Gasteiger partial charge is 0.468 e. The Morgan fingerprint density at radius 3 is 2.88 bits per heavy atom. The second-order valence-electron chi connectivity index (χ2n) is 4.49. The van der Waals surface area contributed by atoms with Crippen LogP contribution in [0.2, 0.25) is 0 Å². The van der Waals surface area contributed by atoms with Crippen LogP contribution in [0.1, 0.15) is 31.2 Å². The van der Waals surface area contributed by atoms with Crippen molar-refractivity contribution < 1.29 is 4.42 Å². The summed E-state index contributed by atoms with van der Waals surface area (Å²) in [7, 11) is 0. The minimum absolute atomic E-state index is 0.318. The van der Waals surface area contributed by atoms with Gasteiger partial charge in [0.05, 0.1) is 25.0 Å². The van der Waals surface area contributed by atoms with E-state index in [-0.39, 0.29) is 0 Å². The topological polar surface area (TPSA) is 43.0 Å². The minimum Gasteiger partial charge on any atom is -0.468 e. The molecule has 0 amide bonds. The maximum absolute atomic E-state index is 5.29. The van der Waals surface area contributed by atoms with Crippen LogP contribution in [0.3, 0.4) is 0 Å². The molecule has 0 aliphatic rings. The van der Waals surface area contributed by atoms with Crippen molar-refractivity contribution in [2.24, 2.45) is 0 Å². The molecule has 0 aliphatic carbocycles. The fourth-order valence-corrected chi connectivity index (χ4v) is 1.73. The third kappa shape index (κ3) is 2.97. The summed E-state index contributed by atoms with van der Waals surface area (Å²) < 4.78 is 7.28. The first-order valence-corrected chi connectivity index (χ1v) is 5.93. The summed E-state index contributed by atoms with van der Waals surface area (Å²) in [4.78, 5) is 0. The average Bonchev–Trinajstić information content (AvgIpc) is 2.95. The van der Waals surface area contributed by atoms with Gasteiger partial charge in [-0.1, -0.05) is 0 Å². The summed E-state index contributed by atoms with van der Waals surface area (Å²) >= 11 is 0. The van der Waals surface area contributed by atoms with Gasteiger partial charge in [0.25, 0.3) is 0 Å². The van der Waals surface area contributed by atoms with E-state index < -0.39 is 0 Å². The predicted molar refractivity (Wildman–Crippen MR) is 66.7 cm³/mol. The van der Waals surface area contributed by atoms with Crippen molar-refractivity contribution in [3.8, 4) is 0 Å². The van der Waals surface area contributed by atoms with Gasteiger partial charge < -0.3 is 9.73 Å². The lowest BCUT2D eigenvalue weighted by Gasteiger charge is -2.21. The van der Waals surface area contributed by atoms with Crippen LogP contribution >= 0.6 is 0 Å². The number of nitrogens with one attached hydrogen (secondary N) is 1.